The molecule has 6 heteroatoms. The summed E-state index contributed by atoms with van der Waals surface area (Å²) in [6, 6.07) is 18.9. The molecule has 2 amide bonds. The topological polar surface area (TPSA) is 72.4 Å². The van der Waals surface area contributed by atoms with E-state index in [2.05, 4.69) is 27.3 Å². The highest BCUT2D eigenvalue weighted by molar-refractivity contribution is 5.96. The number of rotatable bonds is 7. The fourth-order valence-corrected chi connectivity index (χ4v) is 3.11. The lowest BCUT2D eigenvalue weighted by molar-refractivity contribution is -0.120. The van der Waals surface area contributed by atoms with E-state index in [9.17, 15) is 9.59 Å². The van der Waals surface area contributed by atoms with Gasteiger partial charge >= 0.3 is 0 Å². The zero-order valence-electron chi connectivity index (χ0n) is 16.9. The summed E-state index contributed by atoms with van der Waals surface area (Å²) in [6.45, 7) is 4.39. The van der Waals surface area contributed by atoms with Crippen molar-refractivity contribution in [1.29, 1.82) is 0 Å². The minimum absolute atomic E-state index is 0.0768. The molecule has 1 heterocycles. The predicted molar refractivity (Wildman–Crippen MR) is 112 cm³/mol. The van der Waals surface area contributed by atoms with Crippen LogP contribution < -0.4 is 15.4 Å². The standard InChI is InChI=1S/C23H25N3O3/c1-16-4-5-17(2)26(16)20-10-8-19(9-11-20)23(28)25-15-22(27)24-14-18-6-12-21(29-3)13-7-18/h4-13H,14-15H2,1-3H3,(H,24,27)(H,25,28). The molecule has 150 valence electrons. The van der Waals surface area contributed by atoms with Crippen molar-refractivity contribution in [2.45, 2.75) is 20.4 Å². The van der Waals surface area contributed by atoms with Gasteiger partial charge in [0.15, 0.2) is 0 Å². The van der Waals surface area contributed by atoms with Crippen LogP contribution in [0.25, 0.3) is 5.69 Å². The normalized spacial score (nSPS) is 10.4. The molecule has 0 spiro atoms. The van der Waals surface area contributed by atoms with Gasteiger partial charge in [0.2, 0.25) is 5.91 Å². The second-order valence-corrected chi connectivity index (χ2v) is 6.81. The number of hydrogen-bond acceptors (Lipinski definition) is 3. The van der Waals surface area contributed by atoms with E-state index in [1.54, 1.807) is 19.2 Å². The van der Waals surface area contributed by atoms with Crippen LogP contribution in [0.2, 0.25) is 0 Å². The Morgan fingerprint density at radius 3 is 2.07 bits per heavy atom. The molecule has 2 N–H and O–H groups in total. The van der Waals surface area contributed by atoms with E-state index < -0.39 is 0 Å². The quantitative estimate of drug-likeness (QED) is 0.650. The van der Waals surface area contributed by atoms with Crippen molar-refractivity contribution < 1.29 is 14.3 Å². The Balaban J connectivity index is 1.50. The number of carbonyl (C=O) groups is 2. The van der Waals surface area contributed by atoms with Gasteiger partial charge in [0.25, 0.3) is 5.91 Å². The third kappa shape index (κ3) is 5.04. The van der Waals surface area contributed by atoms with Crippen LogP contribution in [0.1, 0.15) is 27.3 Å². The van der Waals surface area contributed by atoms with Crippen molar-refractivity contribution in [1.82, 2.24) is 15.2 Å². The molecule has 0 aliphatic heterocycles. The van der Waals surface area contributed by atoms with Gasteiger partial charge < -0.3 is 19.9 Å². The van der Waals surface area contributed by atoms with Crippen molar-refractivity contribution >= 4 is 11.8 Å². The van der Waals surface area contributed by atoms with Crippen molar-refractivity contribution in [3.63, 3.8) is 0 Å². The monoisotopic (exact) mass is 391 g/mol. The molecular weight excluding hydrogens is 366 g/mol. The summed E-state index contributed by atoms with van der Waals surface area (Å²) in [5.41, 5.74) is 4.73. The molecule has 1 aromatic heterocycles. The molecule has 3 aromatic rings. The number of aromatic nitrogens is 1. The zero-order chi connectivity index (χ0) is 20.8. The van der Waals surface area contributed by atoms with Gasteiger partial charge in [0.1, 0.15) is 5.75 Å². The summed E-state index contributed by atoms with van der Waals surface area (Å²) >= 11 is 0. The lowest BCUT2D eigenvalue weighted by atomic mass is 10.2. The summed E-state index contributed by atoms with van der Waals surface area (Å²) in [5.74, 6) is 0.238. The Morgan fingerprint density at radius 1 is 0.862 bits per heavy atom. The second kappa shape index (κ2) is 9.10. The Hall–Kier alpha value is -3.54. The number of amides is 2. The van der Waals surface area contributed by atoms with Crippen LogP contribution >= 0.6 is 0 Å². The molecule has 3 rings (SSSR count). The van der Waals surface area contributed by atoms with E-state index in [0.29, 0.717) is 12.1 Å². The largest absolute Gasteiger partial charge is 0.497 e. The summed E-state index contributed by atoms with van der Waals surface area (Å²) in [7, 11) is 1.61. The molecule has 0 saturated carbocycles. The summed E-state index contributed by atoms with van der Waals surface area (Å²) in [4.78, 5) is 24.3. The first kappa shape index (κ1) is 20.2. The number of aryl methyl sites for hydroxylation is 2. The third-order valence-electron chi connectivity index (χ3n) is 4.72. The van der Waals surface area contributed by atoms with E-state index >= 15 is 0 Å². The first-order valence-corrected chi connectivity index (χ1v) is 9.41. The molecule has 2 aromatic carbocycles. The van der Waals surface area contributed by atoms with Gasteiger partial charge in [-0.15, -0.1) is 0 Å². The summed E-state index contributed by atoms with van der Waals surface area (Å²) in [6.07, 6.45) is 0. The van der Waals surface area contributed by atoms with E-state index in [1.807, 2.05) is 50.2 Å². The molecule has 0 bridgehead atoms. The number of benzene rings is 2. The lowest BCUT2D eigenvalue weighted by Crippen LogP contribution is -2.36. The van der Waals surface area contributed by atoms with E-state index in [0.717, 1.165) is 28.4 Å². The van der Waals surface area contributed by atoms with Gasteiger partial charge in [0.05, 0.1) is 13.7 Å². The molecule has 0 aliphatic carbocycles. The Morgan fingerprint density at radius 2 is 1.48 bits per heavy atom. The smallest absolute Gasteiger partial charge is 0.251 e. The number of nitrogens with one attached hydrogen (secondary N) is 2. The minimum Gasteiger partial charge on any atom is -0.497 e. The van der Waals surface area contributed by atoms with Crippen LogP contribution in [-0.2, 0) is 11.3 Å². The first-order valence-electron chi connectivity index (χ1n) is 9.41. The molecule has 29 heavy (non-hydrogen) atoms. The summed E-state index contributed by atoms with van der Waals surface area (Å²) in [5, 5.41) is 5.44. The first-order chi connectivity index (χ1) is 14.0. The van der Waals surface area contributed by atoms with Gasteiger partial charge in [-0.05, 0) is 67.9 Å². The van der Waals surface area contributed by atoms with Crippen molar-refractivity contribution in [3.05, 3.63) is 83.2 Å². The Bertz CT molecular complexity index is 970. The van der Waals surface area contributed by atoms with Gasteiger partial charge in [0, 0.05) is 29.2 Å². The molecule has 0 atom stereocenters. The van der Waals surface area contributed by atoms with Crippen LogP contribution in [0.3, 0.4) is 0 Å². The number of hydrogen-bond donors (Lipinski definition) is 2. The maximum Gasteiger partial charge on any atom is 0.251 e. The van der Waals surface area contributed by atoms with Crippen LogP contribution in [0, 0.1) is 13.8 Å². The van der Waals surface area contributed by atoms with E-state index in [-0.39, 0.29) is 18.4 Å². The molecule has 0 radical (unpaired) electrons. The second-order valence-electron chi connectivity index (χ2n) is 6.81. The molecular formula is C23H25N3O3. The molecule has 0 aliphatic rings. The highest BCUT2D eigenvalue weighted by Crippen LogP contribution is 2.17. The van der Waals surface area contributed by atoms with Crippen LogP contribution in [0.5, 0.6) is 5.75 Å². The minimum atomic E-state index is -0.280. The van der Waals surface area contributed by atoms with Crippen molar-refractivity contribution in [2.24, 2.45) is 0 Å². The average Bonchev–Trinajstić information content (AvgIpc) is 3.09. The fourth-order valence-electron chi connectivity index (χ4n) is 3.11. The SMILES string of the molecule is COc1ccc(CNC(=O)CNC(=O)c2ccc(-n3c(C)ccc3C)cc2)cc1. The van der Waals surface area contributed by atoms with Crippen molar-refractivity contribution in [2.75, 3.05) is 13.7 Å². The number of carbonyl (C=O) groups excluding carboxylic acids is 2. The highest BCUT2D eigenvalue weighted by atomic mass is 16.5. The van der Waals surface area contributed by atoms with Gasteiger partial charge in [-0.25, -0.2) is 0 Å². The van der Waals surface area contributed by atoms with Gasteiger partial charge in [-0.1, -0.05) is 12.1 Å². The number of methoxy groups -OCH3 is 1. The maximum absolute atomic E-state index is 12.3. The lowest BCUT2D eigenvalue weighted by Gasteiger charge is -2.11. The van der Waals surface area contributed by atoms with E-state index in [1.165, 1.54) is 0 Å². The Labute approximate surface area is 170 Å². The third-order valence-corrected chi connectivity index (χ3v) is 4.72. The van der Waals surface area contributed by atoms with Crippen molar-refractivity contribution in [3.8, 4) is 11.4 Å². The van der Waals surface area contributed by atoms with Crippen LogP contribution in [0.4, 0.5) is 0 Å². The molecule has 0 unspecified atom stereocenters. The van der Waals surface area contributed by atoms with Gasteiger partial charge in [-0.3, -0.25) is 9.59 Å². The molecule has 0 saturated heterocycles. The number of ether oxygens (including phenoxy) is 1. The Kier molecular flexibility index (Phi) is 6.34. The maximum atomic E-state index is 12.3. The molecule has 0 fully saturated rings. The predicted octanol–water partition coefficient (Wildman–Crippen LogP) is 3.15. The number of nitrogens with zero attached hydrogens (tertiary/aromatic N) is 1. The molecule has 6 nitrogen and oxygen atoms in total. The summed E-state index contributed by atoms with van der Waals surface area (Å²) < 4.78 is 7.22. The fraction of sp³-hybridized carbons (Fsp3) is 0.217. The highest BCUT2D eigenvalue weighted by Gasteiger charge is 2.09. The average molecular weight is 391 g/mol. The van der Waals surface area contributed by atoms with Crippen LogP contribution in [0.15, 0.2) is 60.7 Å². The van der Waals surface area contributed by atoms with Crippen LogP contribution in [-0.4, -0.2) is 30.0 Å². The van der Waals surface area contributed by atoms with Gasteiger partial charge in [-0.2, -0.15) is 0 Å². The zero-order valence-corrected chi connectivity index (χ0v) is 16.9. The van der Waals surface area contributed by atoms with E-state index in [4.69, 9.17) is 4.74 Å².